The third-order valence-electron chi connectivity index (χ3n) is 8.30. The fraction of sp³-hybridized carbons (Fsp3) is 0.562. The van der Waals surface area contributed by atoms with E-state index in [4.69, 9.17) is 22.1 Å². The van der Waals surface area contributed by atoms with Gasteiger partial charge < -0.3 is 15.4 Å². The van der Waals surface area contributed by atoms with Crippen LogP contribution in [0.3, 0.4) is 0 Å². The molecule has 1 radical (unpaired) electrons. The van der Waals surface area contributed by atoms with Crippen molar-refractivity contribution in [1.82, 2.24) is 0 Å². The highest BCUT2D eigenvalue weighted by atomic mass is 35.5. The maximum absolute atomic E-state index is 15.4. The zero-order valence-electron chi connectivity index (χ0n) is 25.6. The molecule has 2 atom stereocenters. The standard InChI is InChI=1S/C32H43ClF5N2O2/c1-9-12-13-16-40(28-26(37)24(35)23(34)25(36)27(28)38)32(29(39)41,18-19(4)33)42-22-15-14-20(30(5,6)10-2)17-21(22)31(7,8)11-3/h14-15,17,19H,4,9-13,16,18H2,1-3,5-8H3,(H2,39,41). The minimum absolute atomic E-state index is 0.165. The van der Waals surface area contributed by atoms with Crippen molar-refractivity contribution in [3.8, 4) is 5.75 Å². The number of alkyl halides is 1. The lowest BCUT2D eigenvalue weighted by Gasteiger charge is -2.44. The number of carbonyl (C=O) groups is 1. The monoisotopic (exact) mass is 617 g/mol. The van der Waals surface area contributed by atoms with E-state index in [-0.39, 0.29) is 24.1 Å². The highest BCUT2D eigenvalue weighted by Gasteiger charge is 2.50. The van der Waals surface area contributed by atoms with Crippen LogP contribution in [-0.2, 0) is 15.6 Å². The molecule has 10 heteroatoms. The molecule has 4 nitrogen and oxygen atoms in total. The van der Waals surface area contributed by atoms with Crippen LogP contribution in [0, 0.1) is 36.0 Å². The van der Waals surface area contributed by atoms with Gasteiger partial charge in [0.05, 0.1) is 0 Å². The predicted molar refractivity (Wildman–Crippen MR) is 158 cm³/mol. The van der Waals surface area contributed by atoms with Gasteiger partial charge in [-0.1, -0.05) is 73.4 Å². The van der Waals surface area contributed by atoms with E-state index < -0.39 is 63.6 Å². The van der Waals surface area contributed by atoms with E-state index in [9.17, 15) is 18.0 Å². The number of hydrogen-bond donors (Lipinski definition) is 1. The van der Waals surface area contributed by atoms with E-state index in [1.54, 1.807) is 6.07 Å². The summed E-state index contributed by atoms with van der Waals surface area (Å²) in [6.07, 6.45) is 2.34. The van der Waals surface area contributed by atoms with E-state index in [1.165, 1.54) is 0 Å². The number of primary amides is 1. The smallest absolute Gasteiger partial charge is 0.283 e. The molecule has 2 N–H and O–H groups in total. The lowest BCUT2D eigenvalue weighted by molar-refractivity contribution is -0.134. The van der Waals surface area contributed by atoms with Crippen LogP contribution < -0.4 is 15.4 Å². The number of benzene rings is 2. The Hall–Kier alpha value is -2.55. The van der Waals surface area contributed by atoms with Crippen LogP contribution in [0.5, 0.6) is 5.75 Å². The van der Waals surface area contributed by atoms with Gasteiger partial charge in [0.2, 0.25) is 5.82 Å². The van der Waals surface area contributed by atoms with Crippen molar-refractivity contribution in [2.45, 2.75) is 109 Å². The molecule has 235 valence electrons. The Morgan fingerprint density at radius 3 is 1.90 bits per heavy atom. The molecule has 0 saturated heterocycles. The highest BCUT2D eigenvalue weighted by Crippen LogP contribution is 2.43. The number of rotatable bonds is 15. The molecule has 2 aromatic carbocycles. The van der Waals surface area contributed by atoms with Crippen molar-refractivity contribution < 1.29 is 31.5 Å². The molecule has 0 aromatic heterocycles. The van der Waals surface area contributed by atoms with Crippen LogP contribution in [0.2, 0.25) is 0 Å². The molecule has 0 bridgehead atoms. The number of carbonyl (C=O) groups excluding carboxylic acids is 1. The summed E-state index contributed by atoms with van der Waals surface area (Å²) in [7, 11) is 0. The van der Waals surface area contributed by atoms with Crippen molar-refractivity contribution in [2.75, 3.05) is 11.4 Å². The summed E-state index contributed by atoms with van der Waals surface area (Å²) in [5.41, 5.74) is 3.08. The van der Waals surface area contributed by atoms with Crippen molar-refractivity contribution in [2.24, 2.45) is 5.73 Å². The number of anilines is 1. The second-order valence-electron chi connectivity index (χ2n) is 12.0. The molecular weight excluding hydrogens is 575 g/mol. The summed E-state index contributed by atoms with van der Waals surface area (Å²) in [5.74, 6) is -11.9. The number of nitrogens with zero attached hydrogens (tertiary/aromatic N) is 1. The molecule has 42 heavy (non-hydrogen) atoms. The van der Waals surface area contributed by atoms with E-state index in [0.29, 0.717) is 24.8 Å². The average molecular weight is 618 g/mol. The summed E-state index contributed by atoms with van der Waals surface area (Å²) in [5, 5.41) is -1.10. The van der Waals surface area contributed by atoms with E-state index >= 15 is 8.78 Å². The normalized spacial score (nSPS) is 14.4. The fourth-order valence-electron chi connectivity index (χ4n) is 4.76. The molecule has 0 aliphatic heterocycles. The number of unbranched alkanes of at least 4 members (excludes halogenated alkanes) is 2. The van der Waals surface area contributed by atoms with Crippen LogP contribution in [0.1, 0.15) is 98.1 Å². The van der Waals surface area contributed by atoms with Gasteiger partial charge in [-0.15, -0.1) is 11.6 Å². The minimum atomic E-state index is -2.47. The SMILES string of the molecule is [CH2]C(Cl)CC(Oc1ccc(C(C)(C)CC)cc1C(C)(C)CC)(C(N)=O)N(CCCCC)c1c(F)c(F)c(F)c(F)c1F. The first-order chi connectivity index (χ1) is 19.4. The van der Waals surface area contributed by atoms with E-state index in [2.05, 4.69) is 27.7 Å². The summed E-state index contributed by atoms with van der Waals surface area (Å²) < 4.78 is 80.2. The Morgan fingerprint density at radius 1 is 0.929 bits per heavy atom. The van der Waals surface area contributed by atoms with Crippen molar-refractivity contribution in [1.29, 1.82) is 0 Å². The van der Waals surface area contributed by atoms with Crippen LogP contribution in [-0.4, -0.2) is 23.6 Å². The maximum Gasteiger partial charge on any atom is 0.283 e. The maximum atomic E-state index is 15.4. The number of ether oxygens (including phenoxy) is 1. The van der Waals surface area contributed by atoms with Gasteiger partial charge in [0.25, 0.3) is 11.6 Å². The molecule has 2 aromatic rings. The van der Waals surface area contributed by atoms with Crippen LogP contribution in [0.25, 0.3) is 0 Å². The summed E-state index contributed by atoms with van der Waals surface area (Å²) >= 11 is 6.27. The Labute approximate surface area is 251 Å². The first kappa shape index (κ1) is 35.6. The van der Waals surface area contributed by atoms with Crippen molar-refractivity contribution >= 4 is 23.2 Å². The minimum Gasteiger partial charge on any atom is -0.458 e. The second-order valence-corrected chi connectivity index (χ2v) is 12.6. The second kappa shape index (κ2) is 13.8. The number of nitrogens with two attached hydrogens (primary N) is 1. The third kappa shape index (κ3) is 7.14. The van der Waals surface area contributed by atoms with Crippen LogP contribution in [0.15, 0.2) is 18.2 Å². The first-order valence-corrected chi connectivity index (χ1v) is 14.8. The predicted octanol–water partition coefficient (Wildman–Crippen LogP) is 8.85. The van der Waals surface area contributed by atoms with Gasteiger partial charge in [-0.3, -0.25) is 4.79 Å². The lowest BCUT2D eigenvalue weighted by Crippen LogP contribution is -2.64. The molecule has 0 spiro atoms. The molecule has 1 amide bonds. The van der Waals surface area contributed by atoms with E-state index in [0.717, 1.165) is 16.9 Å². The Bertz CT molecular complexity index is 1240. The Balaban J connectivity index is 3.00. The highest BCUT2D eigenvalue weighted by molar-refractivity contribution is 6.21. The largest absolute Gasteiger partial charge is 0.458 e. The van der Waals surface area contributed by atoms with Crippen LogP contribution in [0.4, 0.5) is 27.6 Å². The average Bonchev–Trinajstić information content (AvgIpc) is 2.93. The van der Waals surface area contributed by atoms with Crippen molar-refractivity contribution in [3.63, 3.8) is 0 Å². The van der Waals surface area contributed by atoms with Crippen LogP contribution >= 0.6 is 11.6 Å². The molecule has 0 heterocycles. The zero-order chi connectivity index (χ0) is 32.2. The molecule has 2 rings (SSSR count). The molecule has 0 saturated carbocycles. The molecular formula is C32H43ClF5N2O2. The van der Waals surface area contributed by atoms with Gasteiger partial charge in [-0.2, -0.15) is 0 Å². The quantitative estimate of drug-likeness (QED) is 0.0542. The number of amides is 1. The van der Waals surface area contributed by atoms with Gasteiger partial charge in [-0.25, -0.2) is 22.0 Å². The molecule has 0 fully saturated rings. The van der Waals surface area contributed by atoms with Gasteiger partial charge >= 0.3 is 0 Å². The zero-order valence-corrected chi connectivity index (χ0v) is 26.3. The van der Waals surface area contributed by atoms with E-state index in [1.807, 2.05) is 39.8 Å². The Kier molecular flexibility index (Phi) is 11.7. The van der Waals surface area contributed by atoms with Gasteiger partial charge in [0.1, 0.15) is 11.4 Å². The van der Waals surface area contributed by atoms with Gasteiger partial charge in [0, 0.05) is 23.9 Å². The summed E-state index contributed by atoms with van der Waals surface area (Å²) in [6, 6.07) is 5.42. The van der Waals surface area contributed by atoms with Gasteiger partial charge in [-0.05, 0) is 48.6 Å². The summed E-state index contributed by atoms with van der Waals surface area (Å²) in [4.78, 5) is 14.2. The topological polar surface area (TPSA) is 55.6 Å². The van der Waals surface area contributed by atoms with Crippen molar-refractivity contribution in [3.05, 3.63) is 65.3 Å². The first-order valence-electron chi connectivity index (χ1n) is 14.3. The third-order valence-corrected chi connectivity index (χ3v) is 8.45. The summed E-state index contributed by atoms with van der Waals surface area (Å²) in [6.45, 7) is 17.4. The fourth-order valence-corrected chi connectivity index (χ4v) is 4.97. The lowest BCUT2D eigenvalue weighted by atomic mass is 9.76. The molecule has 0 aliphatic rings. The number of hydrogen-bond acceptors (Lipinski definition) is 3. The molecule has 0 aliphatic carbocycles. The number of halogens is 6. The molecule has 2 unspecified atom stereocenters. The Morgan fingerprint density at radius 2 is 1.45 bits per heavy atom. The van der Waals surface area contributed by atoms with Gasteiger partial charge in [0.15, 0.2) is 23.3 Å².